The number of ketones is 1. The summed E-state index contributed by atoms with van der Waals surface area (Å²) >= 11 is 0. The number of aryl methyl sites for hydroxylation is 1. The molecule has 2 nitrogen and oxygen atoms in total. The average Bonchev–Trinajstić information content (AvgIpc) is 2.78. The van der Waals surface area contributed by atoms with E-state index < -0.39 is 0 Å². The molecule has 2 heterocycles. The summed E-state index contributed by atoms with van der Waals surface area (Å²) in [4.78, 5) is 12.3. The van der Waals surface area contributed by atoms with Crippen LogP contribution in [0.3, 0.4) is 0 Å². The van der Waals surface area contributed by atoms with E-state index in [2.05, 4.69) is 24.3 Å². The van der Waals surface area contributed by atoms with E-state index >= 15 is 0 Å². The fourth-order valence-corrected chi connectivity index (χ4v) is 3.44. The van der Waals surface area contributed by atoms with Crippen LogP contribution in [0, 0.1) is 5.92 Å². The highest BCUT2D eigenvalue weighted by Gasteiger charge is 2.37. The van der Waals surface area contributed by atoms with Crippen molar-refractivity contribution < 1.29 is 9.53 Å². The molecule has 0 aliphatic carbocycles. The number of hydrogen-bond acceptors (Lipinski definition) is 2. The molecule has 2 atom stereocenters. The lowest BCUT2D eigenvalue weighted by atomic mass is 9.89. The summed E-state index contributed by atoms with van der Waals surface area (Å²) in [5.74, 6) is 0.748. The van der Waals surface area contributed by atoms with E-state index in [9.17, 15) is 4.79 Å². The van der Waals surface area contributed by atoms with Crippen LogP contribution < -0.4 is 0 Å². The summed E-state index contributed by atoms with van der Waals surface area (Å²) in [6.07, 6.45) is 7.76. The molecule has 2 saturated heterocycles. The fraction of sp³-hybridized carbons (Fsp3) is 0.588. The van der Waals surface area contributed by atoms with Gasteiger partial charge < -0.3 is 4.74 Å². The number of benzene rings is 1. The Morgan fingerprint density at radius 3 is 2.47 bits per heavy atom. The van der Waals surface area contributed by atoms with Gasteiger partial charge in [-0.05, 0) is 44.1 Å². The van der Waals surface area contributed by atoms with Crippen molar-refractivity contribution in [2.45, 2.75) is 57.2 Å². The first-order valence-electron chi connectivity index (χ1n) is 7.53. The van der Waals surface area contributed by atoms with E-state index in [4.69, 9.17) is 4.74 Å². The van der Waals surface area contributed by atoms with Crippen molar-refractivity contribution in [1.29, 1.82) is 0 Å². The highest BCUT2D eigenvalue weighted by Crippen LogP contribution is 2.36. The van der Waals surface area contributed by atoms with E-state index in [1.807, 2.05) is 6.07 Å². The third-order valence-electron chi connectivity index (χ3n) is 4.48. The largest absolute Gasteiger partial charge is 0.375 e. The molecule has 0 radical (unpaired) electrons. The van der Waals surface area contributed by atoms with Crippen LogP contribution in [0.15, 0.2) is 30.3 Å². The van der Waals surface area contributed by atoms with Crippen LogP contribution in [0.5, 0.6) is 0 Å². The van der Waals surface area contributed by atoms with Crippen LogP contribution in [0.4, 0.5) is 0 Å². The Hall–Kier alpha value is -1.15. The first-order chi connectivity index (χ1) is 9.31. The SMILES string of the molecule is O=C(CCCc1ccccc1)C1CC2CCC(C1)O2. The minimum atomic E-state index is 0.280. The zero-order valence-corrected chi connectivity index (χ0v) is 11.4. The molecular weight excluding hydrogens is 236 g/mol. The van der Waals surface area contributed by atoms with Crippen molar-refractivity contribution >= 4 is 5.78 Å². The van der Waals surface area contributed by atoms with Gasteiger partial charge in [0.05, 0.1) is 12.2 Å². The molecule has 102 valence electrons. The Morgan fingerprint density at radius 2 is 1.79 bits per heavy atom. The Kier molecular flexibility index (Phi) is 3.97. The number of carbonyl (C=O) groups excluding carboxylic acids is 1. The lowest BCUT2D eigenvalue weighted by Crippen LogP contribution is -2.29. The molecule has 1 aromatic rings. The third-order valence-corrected chi connectivity index (χ3v) is 4.48. The van der Waals surface area contributed by atoms with Crippen molar-refractivity contribution in [2.75, 3.05) is 0 Å². The van der Waals surface area contributed by atoms with Gasteiger partial charge in [0.25, 0.3) is 0 Å². The predicted octanol–water partition coefficient (Wildman–Crippen LogP) is 3.54. The first-order valence-corrected chi connectivity index (χ1v) is 7.53. The van der Waals surface area contributed by atoms with Crippen LogP contribution >= 0.6 is 0 Å². The maximum atomic E-state index is 12.3. The van der Waals surface area contributed by atoms with Crippen molar-refractivity contribution in [3.05, 3.63) is 35.9 Å². The van der Waals surface area contributed by atoms with Gasteiger partial charge in [-0.15, -0.1) is 0 Å². The smallest absolute Gasteiger partial charge is 0.136 e. The van der Waals surface area contributed by atoms with Gasteiger partial charge in [-0.25, -0.2) is 0 Å². The zero-order valence-electron chi connectivity index (χ0n) is 11.4. The fourth-order valence-electron chi connectivity index (χ4n) is 3.44. The molecular formula is C17H22O2. The summed E-state index contributed by atoms with van der Waals surface area (Å²) in [5, 5.41) is 0. The lowest BCUT2D eigenvalue weighted by molar-refractivity contribution is -0.128. The van der Waals surface area contributed by atoms with Crippen molar-refractivity contribution in [3.63, 3.8) is 0 Å². The standard InChI is InChI=1S/C17H22O2/c18-17(8-4-7-13-5-2-1-3-6-13)14-11-15-9-10-16(12-14)19-15/h1-3,5-6,14-16H,4,7-12H2. The summed E-state index contributed by atoms with van der Waals surface area (Å²) in [6.45, 7) is 0. The van der Waals surface area contributed by atoms with Crippen LogP contribution in [-0.4, -0.2) is 18.0 Å². The second-order valence-electron chi connectivity index (χ2n) is 5.93. The molecule has 0 aromatic heterocycles. The minimum absolute atomic E-state index is 0.280. The van der Waals surface area contributed by atoms with E-state index in [0.29, 0.717) is 18.0 Å². The molecule has 2 heteroatoms. The number of fused-ring (bicyclic) bond motifs is 2. The highest BCUT2D eigenvalue weighted by molar-refractivity contribution is 5.81. The summed E-state index contributed by atoms with van der Waals surface area (Å²) in [7, 11) is 0. The minimum Gasteiger partial charge on any atom is -0.375 e. The second-order valence-corrected chi connectivity index (χ2v) is 5.93. The van der Waals surface area contributed by atoms with Gasteiger partial charge in [0.2, 0.25) is 0 Å². The molecule has 2 bridgehead atoms. The van der Waals surface area contributed by atoms with Crippen molar-refractivity contribution in [2.24, 2.45) is 5.92 Å². The van der Waals surface area contributed by atoms with Gasteiger partial charge in [0.15, 0.2) is 0 Å². The van der Waals surface area contributed by atoms with Gasteiger partial charge in [-0.1, -0.05) is 30.3 Å². The third kappa shape index (κ3) is 3.24. The van der Waals surface area contributed by atoms with Gasteiger partial charge in [0, 0.05) is 12.3 Å². The molecule has 3 rings (SSSR count). The molecule has 0 spiro atoms. The van der Waals surface area contributed by atoms with Crippen molar-refractivity contribution in [1.82, 2.24) is 0 Å². The quantitative estimate of drug-likeness (QED) is 0.807. The first kappa shape index (κ1) is 12.9. The van der Waals surface area contributed by atoms with Crippen LogP contribution in [0.2, 0.25) is 0 Å². The molecule has 1 aromatic carbocycles. The molecule has 2 fully saturated rings. The molecule has 0 N–H and O–H groups in total. The normalized spacial score (nSPS) is 29.4. The monoisotopic (exact) mass is 258 g/mol. The Bertz CT molecular complexity index is 414. The van der Waals surface area contributed by atoms with Crippen LogP contribution in [0.1, 0.15) is 44.1 Å². The Balaban J connectivity index is 1.44. The Labute approximate surface area is 115 Å². The van der Waals surface area contributed by atoms with Gasteiger partial charge in [0.1, 0.15) is 5.78 Å². The summed E-state index contributed by atoms with van der Waals surface area (Å²) < 4.78 is 5.80. The number of carbonyl (C=O) groups is 1. The van der Waals surface area contributed by atoms with Crippen molar-refractivity contribution in [3.8, 4) is 0 Å². The van der Waals surface area contributed by atoms with E-state index in [1.54, 1.807) is 0 Å². The second kappa shape index (κ2) is 5.87. The topological polar surface area (TPSA) is 26.3 Å². The molecule has 2 unspecified atom stereocenters. The Morgan fingerprint density at radius 1 is 1.11 bits per heavy atom. The van der Waals surface area contributed by atoms with Crippen LogP contribution in [-0.2, 0) is 16.0 Å². The lowest BCUT2D eigenvalue weighted by Gasteiger charge is -2.27. The van der Waals surface area contributed by atoms with Crippen LogP contribution in [0.25, 0.3) is 0 Å². The van der Waals surface area contributed by atoms with Gasteiger partial charge >= 0.3 is 0 Å². The molecule has 0 amide bonds. The maximum absolute atomic E-state index is 12.3. The number of rotatable bonds is 5. The zero-order chi connectivity index (χ0) is 13.1. The predicted molar refractivity (Wildman–Crippen MR) is 75.0 cm³/mol. The van der Waals surface area contributed by atoms with E-state index in [1.165, 1.54) is 18.4 Å². The van der Waals surface area contributed by atoms with E-state index in [0.717, 1.165) is 32.1 Å². The summed E-state index contributed by atoms with van der Waals surface area (Å²) in [5.41, 5.74) is 1.34. The van der Waals surface area contributed by atoms with E-state index in [-0.39, 0.29) is 5.92 Å². The molecule has 19 heavy (non-hydrogen) atoms. The maximum Gasteiger partial charge on any atom is 0.136 e. The molecule has 0 saturated carbocycles. The number of hydrogen-bond donors (Lipinski definition) is 0. The summed E-state index contributed by atoms with van der Waals surface area (Å²) in [6, 6.07) is 10.4. The van der Waals surface area contributed by atoms with Gasteiger partial charge in [-0.2, -0.15) is 0 Å². The van der Waals surface area contributed by atoms with Gasteiger partial charge in [-0.3, -0.25) is 4.79 Å². The number of ether oxygens (including phenoxy) is 1. The average molecular weight is 258 g/mol. The highest BCUT2D eigenvalue weighted by atomic mass is 16.5. The molecule has 2 aliphatic rings. The number of Topliss-reactive ketones (excluding diaryl/α,β-unsaturated/α-hetero) is 1. The molecule has 2 aliphatic heterocycles.